The second-order valence-corrected chi connectivity index (χ2v) is 9.32. The lowest BCUT2D eigenvalue weighted by molar-refractivity contribution is -0.140. The predicted octanol–water partition coefficient (Wildman–Crippen LogP) is 4.62. The Morgan fingerprint density at radius 1 is 1.06 bits per heavy atom. The third-order valence-corrected chi connectivity index (χ3v) is 6.01. The third-order valence-electron chi connectivity index (χ3n) is 6.01. The Hall–Kier alpha value is -3.54. The van der Waals surface area contributed by atoms with Gasteiger partial charge in [0.25, 0.3) is 0 Å². The number of para-hydroxylation sites is 1. The number of dihydropyridines is 1. The molecule has 2 N–H and O–H groups in total. The number of nitrogens with one attached hydrogen (secondary N) is 1. The number of hydrogen-bond acceptors (Lipinski definition) is 6. The summed E-state index contributed by atoms with van der Waals surface area (Å²) in [7, 11) is 0. The van der Waals surface area contributed by atoms with Crippen molar-refractivity contribution in [2.75, 3.05) is 13.2 Å². The van der Waals surface area contributed by atoms with Crippen LogP contribution in [0.1, 0.15) is 45.1 Å². The lowest BCUT2D eigenvalue weighted by Gasteiger charge is -2.39. The summed E-state index contributed by atoms with van der Waals surface area (Å²) in [5.74, 6) is -0.180. The van der Waals surface area contributed by atoms with Gasteiger partial charge in [-0.15, -0.1) is 0 Å². The molecule has 33 heavy (non-hydrogen) atoms. The third kappa shape index (κ3) is 4.95. The molecule has 0 amide bonds. The molecule has 2 aliphatic rings. The van der Waals surface area contributed by atoms with Gasteiger partial charge >= 0.3 is 5.97 Å². The molecule has 1 aliphatic carbocycles. The highest BCUT2D eigenvalue weighted by Gasteiger charge is 2.43. The van der Waals surface area contributed by atoms with Crippen molar-refractivity contribution in [1.29, 1.82) is 0 Å². The maximum atomic E-state index is 13.2. The van der Waals surface area contributed by atoms with E-state index in [1.54, 1.807) is 24.3 Å². The van der Waals surface area contributed by atoms with E-state index in [1.807, 2.05) is 37.3 Å². The molecule has 2 aromatic carbocycles. The number of esters is 1. The van der Waals surface area contributed by atoms with Crippen LogP contribution in [0.2, 0.25) is 0 Å². The number of phenolic OH excluding ortho intramolecular Hbond substituents is 1. The fourth-order valence-corrected chi connectivity index (χ4v) is 4.60. The van der Waals surface area contributed by atoms with E-state index in [-0.39, 0.29) is 30.2 Å². The summed E-state index contributed by atoms with van der Waals surface area (Å²) in [5, 5.41) is 13.1. The van der Waals surface area contributed by atoms with Gasteiger partial charge in [-0.3, -0.25) is 4.79 Å². The first kappa shape index (κ1) is 22.6. The maximum absolute atomic E-state index is 13.2. The first-order valence-electron chi connectivity index (χ1n) is 11.1. The van der Waals surface area contributed by atoms with Crippen LogP contribution in [-0.2, 0) is 14.3 Å². The van der Waals surface area contributed by atoms with Gasteiger partial charge in [0.1, 0.15) is 24.7 Å². The molecule has 0 unspecified atom stereocenters. The molecular formula is C27H29NO5. The average molecular weight is 448 g/mol. The zero-order valence-electron chi connectivity index (χ0n) is 19.2. The van der Waals surface area contributed by atoms with Gasteiger partial charge in [0, 0.05) is 29.3 Å². The van der Waals surface area contributed by atoms with Gasteiger partial charge in [0.05, 0.1) is 5.57 Å². The molecule has 0 spiro atoms. The summed E-state index contributed by atoms with van der Waals surface area (Å²) in [6, 6.07) is 16.0. The number of rotatable bonds is 6. The molecule has 2 aromatic rings. The number of carbonyl (C=O) groups is 2. The van der Waals surface area contributed by atoms with Crippen LogP contribution >= 0.6 is 0 Å². The smallest absolute Gasteiger partial charge is 0.336 e. The standard InChI is InChI=1S/C27H29NO5/c1-17-23(26(31)33-14-13-32-20-7-5-4-6-8-20)24(18-9-11-19(29)12-10-18)25-21(28-17)15-27(2,3)16-22(25)30/h4-12,24,28-29H,13-16H2,1-3H3/t24-/m0/s1. The summed E-state index contributed by atoms with van der Waals surface area (Å²) < 4.78 is 11.2. The fraction of sp³-hybridized carbons (Fsp3) is 0.333. The molecule has 0 fully saturated rings. The SMILES string of the molecule is CC1=C(C(=O)OCCOc2ccccc2)[C@H](c2ccc(O)cc2)C2=C(CC(C)(C)CC2=O)N1. The Morgan fingerprint density at radius 2 is 1.76 bits per heavy atom. The second kappa shape index (κ2) is 9.14. The van der Waals surface area contributed by atoms with Crippen LogP contribution in [0.5, 0.6) is 11.5 Å². The number of allylic oxidation sites excluding steroid dienone is 3. The van der Waals surface area contributed by atoms with Crippen LogP contribution in [0.15, 0.2) is 77.1 Å². The molecule has 0 aromatic heterocycles. The summed E-state index contributed by atoms with van der Waals surface area (Å²) in [6.45, 7) is 6.28. The molecule has 0 saturated carbocycles. The lowest BCUT2D eigenvalue weighted by Crippen LogP contribution is -2.38. The molecule has 1 heterocycles. The normalized spacial score (nSPS) is 19.6. The number of phenols is 1. The van der Waals surface area contributed by atoms with Crippen molar-refractivity contribution >= 4 is 11.8 Å². The molecular weight excluding hydrogens is 418 g/mol. The monoisotopic (exact) mass is 447 g/mol. The first-order chi connectivity index (χ1) is 15.7. The van der Waals surface area contributed by atoms with Crippen LogP contribution < -0.4 is 10.1 Å². The van der Waals surface area contributed by atoms with E-state index < -0.39 is 11.9 Å². The van der Waals surface area contributed by atoms with Gasteiger partial charge in [0.15, 0.2) is 5.78 Å². The summed E-state index contributed by atoms with van der Waals surface area (Å²) >= 11 is 0. The number of hydrogen-bond donors (Lipinski definition) is 2. The lowest BCUT2D eigenvalue weighted by atomic mass is 9.68. The summed E-state index contributed by atoms with van der Waals surface area (Å²) in [4.78, 5) is 26.5. The summed E-state index contributed by atoms with van der Waals surface area (Å²) in [5.41, 5.74) is 3.16. The van der Waals surface area contributed by atoms with Crippen molar-refractivity contribution in [3.8, 4) is 11.5 Å². The molecule has 1 aliphatic heterocycles. The second-order valence-electron chi connectivity index (χ2n) is 9.32. The van der Waals surface area contributed by atoms with Crippen molar-refractivity contribution in [2.24, 2.45) is 5.41 Å². The Balaban J connectivity index is 1.59. The van der Waals surface area contributed by atoms with Gasteiger partial charge in [-0.05, 0) is 48.6 Å². The van der Waals surface area contributed by atoms with Gasteiger partial charge in [-0.25, -0.2) is 4.79 Å². The minimum Gasteiger partial charge on any atom is -0.508 e. The van der Waals surface area contributed by atoms with Crippen molar-refractivity contribution < 1.29 is 24.2 Å². The number of Topliss-reactive ketones (excluding diaryl/α,β-unsaturated/α-hetero) is 1. The molecule has 0 bridgehead atoms. The van der Waals surface area contributed by atoms with Crippen LogP contribution in [0.25, 0.3) is 0 Å². The van der Waals surface area contributed by atoms with E-state index >= 15 is 0 Å². The van der Waals surface area contributed by atoms with E-state index in [4.69, 9.17) is 9.47 Å². The fourth-order valence-electron chi connectivity index (χ4n) is 4.60. The number of ether oxygens (including phenoxy) is 2. The molecule has 4 rings (SSSR count). The highest BCUT2D eigenvalue weighted by molar-refractivity contribution is 6.04. The van der Waals surface area contributed by atoms with Crippen molar-refractivity contribution in [3.05, 3.63) is 82.7 Å². The van der Waals surface area contributed by atoms with Crippen LogP contribution in [0.4, 0.5) is 0 Å². The molecule has 6 heteroatoms. The van der Waals surface area contributed by atoms with Gasteiger partial charge in [-0.2, -0.15) is 0 Å². The highest BCUT2D eigenvalue weighted by Crippen LogP contribution is 2.46. The van der Waals surface area contributed by atoms with E-state index in [9.17, 15) is 14.7 Å². The van der Waals surface area contributed by atoms with Crippen molar-refractivity contribution in [1.82, 2.24) is 5.32 Å². The quantitative estimate of drug-likeness (QED) is 0.497. The Kier molecular flexibility index (Phi) is 6.27. The van der Waals surface area contributed by atoms with Crippen molar-refractivity contribution in [2.45, 2.75) is 39.5 Å². The predicted molar refractivity (Wildman–Crippen MR) is 125 cm³/mol. The van der Waals surface area contributed by atoms with Gasteiger partial charge < -0.3 is 19.9 Å². The minimum atomic E-state index is -0.548. The zero-order valence-corrected chi connectivity index (χ0v) is 19.2. The van der Waals surface area contributed by atoms with E-state index in [0.29, 0.717) is 35.4 Å². The minimum absolute atomic E-state index is 0.0250. The molecule has 172 valence electrons. The van der Waals surface area contributed by atoms with Crippen molar-refractivity contribution in [3.63, 3.8) is 0 Å². The van der Waals surface area contributed by atoms with Crippen LogP contribution in [-0.4, -0.2) is 30.1 Å². The largest absolute Gasteiger partial charge is 0.508 e. The number of carbonyl (C=O) groups excluding carboxylic acids is 2. The topological polar surface area (TPSA) is 84.9 Å². The average Bonchev–Trinajstić information content (AvgIpc) is 2.76. The number of ketones is 1. The maximum Gasteiger partial charge on any atom is 0.336 e. The summed E-state index contributed by atoms with van der Waals surface area (Å²) in [6.07, 6.45) is 1.13. The van der Waals surface area contributed by atoms with E-state index in [0.717, 1.165) is 11.3 Å². The van der Waals surface area contributed by atoms with Gasteiger partial charge in [0.2, 0.25) is 0 Å². The Morgan fingerprint density at radius 3 is 2.45 bits per heavy atom. The Labute approximate surface area is 193 Å². The van der Waals surface area contributed by atoms with Crippen LogP contribution in [0, 0.1) is 5.41 Å². The van der Waals surface area contributed by atoms with Crippen LogP contribution in [0.3, 0.4) is 0 Å². The first-order valence-corrected chi connectivity index (χ1v) is 11.1. The molecule has 0 radical (unpaired) electrons. The number of benzene rings is 2. The zero-order chi connectivity index (χ0) is 23.6. The van der Waals surface area contributed by atoms with E-state index in [1.165, 1.54) is 0 Å². The van der Waals surface area contributed by atoms with E-state index in [2.05, 4.69) is 19.2 Å². The highest BCUT2D eigenvalue weighted by atomic mass is 16.6. The number of aromatic hydroxyl groups is 1. The molecule has 6 nitrogen and oxygen atoms in total. The molecule has 1 atom stereocenters. The van der Waals surface area contributed by atoms with Gasteiger partial charge in [-0.1, -0.05) is 44.2 Å². The molecule has 0 saturated heterocycles. The Bertz CT molecular complexity index is 1110.